The first-order chi connectivity index (χ1) is 8.65. The molecular formula is C15H23ClN2O. The number of hydrogen-bond donors (Lipinski definition) is 2. The molecule has 0 aliphatic heterocycles. The summed E-state index contributed by atoms with van der Waals surface area (Å²) in [5, 5.41) is 3.16. The quantitative estimate of drug-likeness (QED) is 0.838. The maximum absolute atomic E-state index is 12.0. The van der Waals surface area contributed by atoms with Crippen molar-refractivity contribution in [2.45, 2.75) is 45.1 Å². The van der Waals surface area contributed by atoms with Crippen molar-refractivity contribution in [3.05, 3.63) is 29.8 Å². The summed E-state index contributed by atoms with van der Waals surface area (Å²) in [6.45, 7) is 2.23. The number of rotatable bonds is 3. The predicted molar refractivity (Wildman–Crippen MR) is 81.4 cm³/mol. The van der Waals surface area contributed by atoms with Crippen molar-refractivity contribution in [2.75, 3.05) is 5.73 Å². The van der Waals surface area contributed by atoms with Crippen molar-refractivity contribution in [1.82, 2.24) is 5.32 Å². The van der Waals surface area contributed by atoms with E-state index in [0.717, 1.165) is 17.7 Å². The number of anilines is 1. The molecule has 0 aromatic heterocycles. The number of carbonyl (C=O) groups is 1. The number of nitrogens with two attached hydrogens (primary N) is 1. The zero-order valence-corrected chi connectivity index (χ0v) is 12.2. The Bertz CT molecular complexity index is 405. The van der Waals surface area contributed by atoms with E-state index in [-0.39, 0.29) is 18.3 Å². The zero-order valence-electron chi connectivity index (χ0n) is 11.4. The van der Waals surface area contributed by atoms with Crippen LogP contribution in [0.4, 0.5) is 5.69 Å². The van der Waals surface area contributed by atoms with Gasteiger partial charge >= 0.3 is 0 Å². The number of amides is 1. The number of nitrogens with one attached hydrogen (secondary N) is 1. The Morgan fingerprint density at radius 3 is 2.53 bits per heavy atom. The average Bonchev–Trinajstić information content (AvgIpc) is 2.35. The van der Waals surface area contributed by atoms with Gasteiger partial charge in [0.05, 0.1) is 6.42 Å². The first kappa shape index (κ1) is 15.8. The highest BCUT2D eigenvalue weighted by Gasteiger charge is 2.22. The maximum atomic E-state index is 12.0. The fourth-order valence-electron chi connectivity index (χ4n) is 2.61. The molecular weight excluding hydrogens is 260 g/mol. The molecule has 0 heterocycles. The Labute approximate surface area is 121 Å². The van der Waals surface area contributed by atoms with Gasteiger partial charge in [-0.25, -0.2) is 0 Å². The molecule has 1 amide bonds. The van der Waals surface area contributed by atoms with Crippen LogP contribution >= 0.6 is 12.4 Å². The Morgan fingerprint density at radius 2 is 1.89 bits per heavy atom. The van der Waals surface area contributed by atoms with Crippen molar-refractivity contribution >= 4 is 24.0 Å². The van der Waals surface area contributed by atoms with Crippen LogP contribution in [0.25, 0.3) is 0 Å². The highest BCUT2D eigenvalue weighted by Crippen LogP contribution is 2.23. The molecule has 19 heavy (non-hydrogen) atoms. The molecule has 2 rings (SSSR count). The smallest absolute Gasteiger partial charge is 0.224 e. The number of nitrogen functional groups attached to an aromatic ring is 1. The highest BCUT2D eigenvalue weighted by atomic mass is 35.5. The van der Waals surface area contributed by atoms with E-state index >= 15 is 0 Å². The van der Waals surface area contributed by atoms with E-state index in [4.69, 9.17) is 5.73 Å². The van der Waals surface area contributed by atoms with Crippen LogP contribution < -0.4 is 11.1 Å². The lowest BCUT2D eigenvalue weighted by molar-refractivity contribution is -0.121. The minimum absolute atomic E-state index is 0. The Hall–Kier alpha value is -1.22. The van der Waals surface area contributed by atoms with Gasteiger partial charge in [-0.15, -0.1) is 12.4 Å². The summed E-state index contributed by atoms with van der Waals surface area (Å²) in [6, 6.07) is 7.87. The molecule has 0 bridgehead atoms. The number of benzene rings is 1. The third-order valence-electron chi connectivity index (χ3n) is 3.80. The van der Waals surface area contributed by atoms with Crippen molar-refractivity contribution in [3.8, 4) is 0 Å². The summed E-state index contributed by atoms with van der Waals surface area (Å²) in [5.41, 5.74) is 7.38. The van der Waals surface area contributed by atoms with E-state index < -0.39 is 0 Å². The van der Waals surface area contributed by atoms with Crippen molar-refractivity contribution < 1.29 is 4.79 Å². The van der Waals surface area contributed by atoms with Gasteiger partial charge in [0.2, 0.25) is 5.91 Å². The lowest BCUT2D eigenvalue weighted by Crippen LogP contribution is -2.41. The molecule has 0 spiro atoms. The lowest BCUT2D eigenvalue weighted by atomic mass is 9.86. The molecule has 3 nitrogen and oxygen atoms in total. The van der Waals surface area contributed by atoms with Gasteiger partial charge in [-0.05, 0) is 36.5 Å². The van der Waals surface area contributed by atoms with Crippen LogP contribution in [0.3, 0.4) is 0 Å². The third kappa shape index (κ3) is 4.75. The van der Waals surface area contributed by atoms with Crippen LogP contribution in [0, 0.1) is 5.92 Å². The van der Waals surface area contributed by atoms with Gasteiger partial charge in [0.15, 0.2) is 0 Å². The van der Waals surface area contributed by atoms with Gasteiger partial charge in [0.1, 0.15) is 0 Å². The Balaban J connectivity index is 0.00000180. The Kier molecular flexibility index (Phi) is 6.16. The van der Waals surface area contributed by atoms with Gasteiger partial charge in [-0.2, -0.15) is 0 Å². The summed E-state index contributed by atoms with van der Waals surface area (Å²) in [4.78, 5) is 12.0. The van der Waals surface area contributed by atoms with Gasteiger partial charge in [0.25, 0.3) is 0 Å². The minimum Gasteiger partial charge on any atom is -0.399 e. The molecule has 2 atom stereocenters. The highest BCUT2D eigenvalue weighted by molar-refractivity contribution is 5.85. The Morgan fingerprint density at radius 1 is 1.26 bits per heavy atom. The van der Waals surface area contributed by atoms with E-state index in [1.165, 1.54) is 19.3 Å². The van der Waals surface area contributed by atoms with E-state index in [1.54, 1.807) is 0 Å². The summed E-state index contributed by atoms with van der Waals surface area (Å²) < 4.78 is 0. The van der Waals surface area contributed by atoms with Crippen molar-refractivity contribution in [1.29, 1.82) is 0 Å². The first-order valence-electron chi connectivity index (χ1n) is 6.79. The molecule has 1 fully saturated rings. The van der Waals surface area contributed by atoms with Crippen molar-refractivity contribution in [2.24, 2.45) is 5.92 Å². The topological polar surface area (TPSA) is 55.1 Å². The fraction of sp³-hybridized carbons (Fsp3) is 0.533. The summed E-state index contributed by atoms with van der Waals surface area (Å²) in [6.07, 6.45) is 5.33. The van der Waals surface area contributed by atoms with Crippen LogP contribution in [0.2, 0.25) is 0 Å². The minimum atomic E-state index is 0. The molecule has 2 unspecified atom stereocenters. The monoisotopic (exact) mass is 282 g/mol. The molecule has 1 saturated carbocycles. The van der Waals surface area contributed by atoms with Gasteiger partial charge in [-0.1, -0.05) is 31.9 Å². The van der Waals surface area contributed by atoms with Gasteiger partial charge in [0, 0.05) is 11.7 Å². The second-order valence-corrected chi connectivity index (χ2v) is 5.35. The van der Waals surface area contributed by atoms with Crippen LogP contribution in [0.15, 0.2) is 24.3 Å². The number of hydrogen-bond acceptors (Lipinski definition) is 2. The lowest BCUT2D eigenvalue weighted by Gasteiger charge is -2.29. The van der Waals surface area contributed by atoms with Gasteiger partial charge < -0.3 is 11.1 Å². The maximum Gasteiger partial charge on any atom is 0.224 e. The standard InChI is InChI=1S/C15H22N2O.ClH/c1-11-4-2-3-5-14(11)17-15(18)10-12-6-8-13(16)9-7-12;/h6-9,11,14H,2-5,10,16H2,1H3,(H,17,18);1H. The zero-order chi connectivity index (χ0) is 13.0. The molecule has 1 aliphatic rings. The normalized spacial score (nSPS) is 22.4. The first-order valence-corrected chi connectivity index (χ1v) is 6.79. The molecule has 106 valence electrons. The number of carbonyl (C=O) groups excluding carboxylic acids is 1. The van der Waals surface area contributed by atoms with E-state index in [1.807, 2.05) is 24.3 Å². The molecule has 0 saturated heterocycles. The summed E-state index contributed by atoms with van der Waals surface area (Å²) in [5.74, 6) is 0.729. The van der Waals surface area contributed by atoms with Gasteiger partial charge in [-0.3, -0.25) is 4.79 Å². The second-order valence-electron chi connectivity index (χ2n) is 5.35. The largest absolute Gasteiger partial charge is 0.399 e. The molecule has 1 aromatic carbocycles. The second kappa shape index (κ2) is 7.39. The fourth-order valence-corrected chi connectivity index (χ4v) is 2.61. The molecule has 4 heteroatoms. The van der Waals surface area contributed by atoms with Crippen LogP contribution in [-0.2, 0) is 11.2 Å². The summed E-state index contributed by atoms with van der Waals surface area (Å²) in [7, 11) is 0. The number of halogens is 1. The summed E-state index contributed by atoms with van der Waals surface area (Å²) >= 11 is 0. The van der Waals surface area contributed by atoms with Crippen LogP contribution in [0.1, 0.15) is 38.2 Å². The predicted octanol–water partition coefficient (Wildman–Crippen LogP) is 2.93. The van der Waals surface area contributed by atoms with Crippen LogP contribution in [0.5, 0.6) is 0 Å². The van der Waals surface area contributed by atoms with Crippen LogP contribution in [-0.4, -0.2) is 11.9 Å². The van der Waals surface area contributed by atoms with E-state index in [0.29, 0.717) is 18.4 Å². The molecule has 3 N–H and O–H groups in total. The molecule has 1 aliphatic carbocycles. The van der Waals surface area contributed by atoms with E-state index in [2.05, 4.69) is 12.2 Å². The third-order valence-corrected chi connectivity index (χ3v) is 3.80. The van der Waals surface area contributed by atoms with Crippen molar-refractivity contribution in [3.63, 3.8) is 0 Å². The molecule has 1 aromatic rings. The average molecular weight is 283 g/mol. The molecule has 0 radical (unpaired) electrons. The van der Waals surface area contributed by atoms with E-state index in [9.17, 15) is 4.79 Å². The SMILES string of the molecule is CC1CCCCC1NC(=O)Cc1ccc(N)cc1.Cl.